The van der Waals surface area contributed by atoms with Gasteiger partial charge in [-0.1, -0.05) is 30.3 Å². The molecule has 0 heterocycles. The lowest BCUT2D eigenvalue weighted by Crippen LogP contribution is -2.30. The zero-order chi connectivity index (χ0) is 16.7. The second kappa shape index (κ2) is 7.98. The number of benzene rings is 2. The van der Waals surface area contributed by atoms with Crippen molar-refractivity contribution in [3.05, 3.63) is 60.2 Å². The fourth-order valence-electron chi connectivity index (χ4n) is 2.01. The molecule has 23 heavy (non-hydrogen) atoms. The molecule has 5 nitrogen and oxygen atoms in total. The van der Waals surface area contributed by atoms with Gasteiger partial charge in [0.2, 0.25) is 0 Å². The van der Waals surface area contributed by atoms with Gasteiger partial charge in [0.05, 0.1) is 13.5 Å². The normalized spacial score (nSPS) is 11.4. The van der Waals surface area contributed by atoms with Crippen LogP contribution in [0.5, 0.6) is 5.75 Å². The van der Waals surface area contributed by atoms with Crippen LogP contribution in [0.1, 0.15) is 12.5 Å². The minimum atomic E-state index is -0.867. The van der Waals surface area contributed by atoms with Crippen LogP contribution < -0.4 is 10.1 Å². The van der Waals surface area contributed by atoms with Crippen molar-refractivity contribution in [1.82, 2.24) is 0 Å². The van der Waals surface area contributed by atoms with Gasteiger partial charge >= 0.3 is 5.97 Å². The molecule has 0 fully saturated rings. The van der Waals surface area contributed by atoms with Crippen LogP contribution in [0.15, 0.2) is 54.6 Å². The average Bonchev–Trinajstić information content (AvgIpc) is 2.55. The highest BCUT2D eigenvalue weighted by Gasteiger charge is 2.18. The maximum atomic E-state index is 12.0. The highest BCUT2D eigenvalue weighted by molar-refractivity contribution is 5.95. The van der Waals surface area contributed by atoms with E-state index in [2.05, 4.69) is 5.32 Å². The van der Waals surface area contributed by atoms with Crippen LogP contribution in [0, 0.1) is 0 Å². The molecular formula is C18H19NO4. The Morgan fingerprint density at radius 2 is 1.83 bits per heavy atom. The number of nitrogens with one attached hydrogen (secondary N) is 1. The van der Waals surface area contributed by atoms with Gasteiger partial charge in [0.15, 0.2) is 6.10 Å². The molecule has 5 heteroatoms. The average molecular weight is 313 g/mol. The number of methoxy groups -OCH3 is 1. The molecule has 0 aromatic heterocycles. The van der Waals surface area contributed by atoms with Gasteiger partial charge < -0.3 is 14.8 Å². The van der Waals surface area contributed by atoms with E-state index in [9.17, 15) is 9.59 Å². The summed E-state index contributed by atoms with van der Waals surface area (Å²) in [6.45, 7) is 1.54. The van der Waals surface area contributed by atoms with E-state index >= 15 is 0 Å². The number of amides is 1. The SMILES string of the molecule is COc1cccc(CC(=O)O[C@H](C)C(=O)Nc2ccccc2)c1. The molecule has 1 amide bonds. The number of hydrogen-bond donors (Lipinski definition) is 1. The van der Waals surface area contributed by atoms with E-state index < -0.39 is 12.1 Å². The number of anilines is 1. The van der Waals surface area contributed by atoms with Crippen molar-refractivity contribution in [2.24, 2.45) is 0 Å². The standard InChI is InChI=1S/C18H19NO4/c1-13(18(21)19-15-8-4-3-5-9-15)23-17(20)12-14-7-6-10-16(11-14)22-2/h3-11,13H,12H2,1-2H3,(H,19,21)/t13-/m1/s1. The molecular weight excluding hydrogens is 294 g/mol. The van der Waals surface area contributed by atoms with Crippen LogP contribution in [0.4, 0.5) is 5.69 Å². The number of para-hydroxylation sites is 1. The van der Waals surface area contributed by atoms with E-state index in [4.69, 9.17) is 9.47 Å². The number of hydrogen-bond acceptors (Lipinski definition) is 4. The molecule has 1 N–H and O–H groups in total. The van der Waals surface area contributed by atoms with Crippen LogP contribution in [-0.4, -0.2) is 25.1 Å². The minimum absolute atomic E-state index is 0.0835. The number of carbonyl (C=O) groups is 2. The first-order valence-corrected chi connectivity index (χ1v) is 7.27. The molecule has 0 aliphatic carbocycles. The fraction of sp³-hybridized carbons (Fsp3) is 0.222. The lowest BCUT2D eigenvalue weighted by Gasteiger charge is -2.13. The molecule has 0 aliphatic heterocycles. The summed E-state index contributed by atoms with van der Waals surface area (Å²) in [4.78, 5) is 23.9. The summed E-state index contributed by atoms with van der Waals surface area (Å²) >= 11 is 0. The summed E-state index contributed by atoms with van der Waals surface area (Å²) in [5, 5.41) is 2.69. The summed E-state index contributed by atoms with van der Waals surface area (Å²) < 4.78 is 10.3. The maximum absolute atomic E-state index is 12.0. The third kappa shape index (κ3) is 5.14. The summed E-state index contributed by atoms with van der Waals surface area (Å²) in [5.41, 5.74) is 1.43. The molecule has 2 rings (SSSR count). The highest BCUT2D eigenvalue weighted by Crippen LogP contribution is 2.14. The van der Waals surface area contributed by atoms with Crippen molar-refractivity contribution in [1.29, 1.82) is 0 Å². The van der Waals surface area contributed by atoms with E-state index in [1.807, 2.05) is 18.2 Å². The molecule has 0 bridgehead atoms. The second-order valence-corrected chi connectivity index (χ2v) is 5.02. The first-order valence-electron chi connectivity index (χ1n) is 7.27. The Kier molecular flexibility index (Phi) is 5.74. The van der Waals surface area contributed by atoms with E-state index in [0.717, 1.165) is 5.56 Å². The first kappa shape index (κ1) is 16.5. The van der Waals surface area contributed by atoms with Gasteiger partial charge in [0, 0.05) is 5.69 Å². The molecule has 1 atom stereocenters. The van der Waals surface area contributed by atoms with E-state index in [0.29, 0.717) is 11.4 Å². The lowest BCUT2D eigenvalue weighted by molar-refractivity contribution is -0.152. The van der Waals surface area contributed by atoms with Gasteiger partial charge in [0.1, 0.15) is 5.75 Å². The zero-order valence-electron chi connectivity index (χ0n) is 13.1. The van der Waals surface area contributed by atoms with Crippen LogP contribution in [0.25, 0.3) is 0 Å². The topological polar surface area (TPSA) is 64.6 Å². The predicted octanol–water partition coefficient (Wildman–Crippen LogP) is 2.81. The van der Waals surface area contributed by atoms with Crippen molar-refractivity contribution >= 4 is 17.6 Å². The fourth-order valence-corrected chi connectivity index (χ4v) is 2.01. The van der Waals surface area contributed by atoms with Gasteiger partial charge in [-0.25, -0.2) is 0 Å². The van der Waals surface area contributed by atoms with Gasteiger partial charge in [-0.05, 0) is 36.8 Å². The molecule has 0 unspecified atom stereocenters. The van der Waals surface area contributed by atoms with Gasteiger partial charge in [-0.15, -0.1) is 0 Å². The second-order valence-electron chi connectivity index (χ2n) is 5.02. The Morgan fingerprint density at radius 1 is 1.09 bits per heavy atom. The number of rotatable bonds is 6. The van der Waals surface area contributed by atoms with Crippen LogP contribution in [0.2, 0.25) is 0 Å². The van der Waals surface area contributed by atoms with Crippen LogP contribution >= 0.6 is 0 Å². The summed E-state index contributed by atoms with van der Waals surface area (Å²) in [6.07, 6.45) is -0.784. The quantitative estimate of drug-likeness (QED) is 0.833. The zero-order valence-corrected chi connectivity index (χ0v) is 13.1. The van der Waals surface area contributed by atoms with Crippen LogP contribution in [-0.2, 0) is 20.7 Å². The van der Waals surface area contributed by atoms with E-state index in [1.54, 1.807) is 50.4 Å². The van der Waals surface area contributed by atoms with Crippen molar-refractivity contribution in [3.8, 4) is 5.75 Å². The number of carbonyl (C=O) groups excluding carboxylic acids is 2. The molecule has 120 valence electrons. The smallest absolute Gasteiger partial charge is 0.311 e. The van der Waals surface area contributed by atoms with Crippen molar-refractivity contribution in [2.75, 3.05) is 12.4 Å². The largest absolute Gasteiger partial charge is 0.497 e. The molecule has 0 aliphatic rings. The Balaban J connectivity index is 1.87. The third-order valence-corrected chi connectivity index (χ3v) is 3.20. The summed E-state index contributed by atoms with van der Waals surface area (Å²) in [6, 6.07) is 16.2. The van der Waals surface area contributed by atoms with Crippen molar-refractivity contribution in [3.63, 3.8) is 0 Å². The maximum Gasteiger partial charge on any atom is 0.311 e. The van der Waals surface area contributed by atoms with Gasteiger partial charge in [-0.2, -0.15) is 0 Å². The monoisotopic (exact) mass is 313 g/mol. The van der Waals surface area contributed by atoms with Gasteiger partial charge in [-0.3, -0.25) is 9.59 Å². The molecule has 0 radical (unpaired) electrons. The third-order valence-electron chi connectivity index (χ3n) is 3.20. The Hall–Kier alpha value is -2.82. The van der Waals surface area contributed by atoms with Crippen LogP contribution in [0.3, 0.4) is 0 Å². The summed E-state index contributed by atoms with van der Waals surface area (Å²) in [5.74, 6) is -0.158. The highest BCUT2D eigenvalue weighted by atomic mass is 16.5. The number of ether oxygens (including phenoxy) is 2. The first-order chi connectivity index (χ1) is 11.1. The Bertz CT molecular complexity index is 670. The van der Waals surface area contributed by atoms with E-state index in [1.165, 1.54) is 0 Å². The van der Waals surface area contributed by atoms with Crippen molar-refractivity contribution in [2.45, 2.75) is 19.4 Å². The predicted molar refractivity (Wildman–Crippen MR) is 87.3 cm³/mol. The van der Waals surface area contributed by atoms with Crippen molar-refractivity contribution < 1.29 is 19.1 Å². The lowest BCUT2D eigenvalue weighted by atomic mass is 10.1. The number of esters is 1. The Morgan fingerprint density at radius 3 is 2.52 bits per heavy atom. The molecule has 2 aromatic rings. The molecule has 0 spiro atoms. The molecule has 0 saturated carbocycles. The molecule has 0 saturated heterocycles. The Labute approximate surface area is 135 Å². The summed E-state index contributed by atoms with van der Waals surface area (Å²) in [7, 11) is 1.56. The van der Waals surface area contributed by atoms with E-state index in [-0.39, 0.29) is 12.3 Å². The minimum Gasteiger partial charge on any atom is -0.497 e. The molecule has 2 aromatic carbocycles. The van der Waals surface area contributed by atoms with Gasteiger partial charge in [0.25, 0.3) is 5.91 Å².